The lowest BCUT2D eigenvalue weighted by molar-refractivity contribution is -0.150. The van der Waals surface area contributed by atoms with Crippen molar-refractivity contribution in [3.05, 3.63) is 58.7 Å². The zero-order chi connectivity index (χ0) is 27.8. The number of hydrogen-bond acceptors (Lipinski definition) is 4. The van der Waals surface area contributed by atoms with E-state index in [-0.39, 0.29) is 46.0 Å². The minimum absolute atomic E-state index is 0.106. The Bertz CT molecular complexity index is 1250. The smallest absolute Gasteiger partial charge is 0.232 e. The van der Waals surface area contributed by atoms with Gasteiger partial charge in [0.25, 0.3) is 0 Å². The predicted octanol–water partition coefficient (Wildman–Crippen LogP) is 6.46. The van der Waals surface area contributed by atoms with Gasteiger partial charge in [0.05, 0.1) is 10.8 Å². The Kier molecular flexibility index (Phi) is 5.99. The molecule has 2 aromatic carbocycles. The summed E-state index contributed by atoms with van der Waals surface area (Å²) in [6.45, 7) is 8.64. The van der Waals surface area contributed by atoms with E-state index in [4.69, 9.17) is 0 Å². The fourth-order valence-corrected chi connectivity index (χ4v) is 9.83. The van der Waals surface area contributed by atoms with Crippen LogP contribution in [0.4, 0.5) is 0 Å². The third-order valence-electron chi connectivity index (χ3n) is 11.9. The topological polar surface area (TPSA) is 86.6 Å². The van der Waals surface area contributed by atoms with Gasteiger partial charge in [-0.3, -0.25) is 14.9 Å². The number of carbonyl (C=O) groups excluding carboxylic acids is 2. The molecule has 5 heteroatoms. The van der Waals surface area contributed by atoms with Crippen LogP contribution in [0.15, 0.2) is 36.4 Å². The summed E-state index contributed by atoms with van der Waals surface area (Å²) in [5.74, 6) is 0.504. The fourth-order valence-electron chi connectivity index (χ4n) is 9.83. The van der Waals surface area contributed by atoms with Gasteiger partial charge in [-0.25, -0.2) is 0 Å². The first kappa shape index (κ1) is 26.4. The van der Waals surface area contributed by atoms with E-state index in [1.807, 2.05) is 24.3 Å². The summed E-state index contributed by atoms with van der Waals surface area (Å²) in [4.78, 5) is 28.3. The van der Waals surface area contributed by atoms with Crippen LogP contribution in [0.5, 0.6) is 11.5 Å². The van der Waals surface area contributed by atoms with E-state index in [1.165, 1.54) is 22.3 Å². The highest BCUT2D eigenvalue weighted by Gasteiger charge is 2.58. The Morgan fingerprint density at radius 2 is 1.10 bits per heavy atom. The van der Waals surface area contributed by atoms with Gasteiger partial charge < -0.3 is 10.2 Å². The maximum atomic E-state index is 14.2. The first-order chi connectivity index (χ1) is 18.4. The molecule has 2 amide bonds. The van der Waals surface area contributed by atoms with Crippen LogP contribution in [0.25, 0.3) is 0 Å². The minimum atomic E-state index is -0.648. The van der Waals surface area contributed by atoms with Gasteiger partial charge in [0.15, 0.2) is 0 Å². The third kappa shape index (κ3) is 3.78. The zero-order valence-electron chi connectivity index (χ0n) is 23.9. The van der Waals surface area contributed by atoms with Gasteiger partial charge in [-0.05, 0) is 121 Å². The lowest BCUT2D eigenvalue weighted by Gasteiger charge is -2.56. The summed E-state index contributed by atoms with van der Waals surface area (Å²) in [5, 5.41) is 23.6. The lowest BCUT2D eigenvalue weighted by atomic mass is 9.49. The number of nitrogens with one attached hydrogen (secondary N) is 1. The highest BCUT2D eigenvalue weighted by molar-refractivity contribution is 6.00. The first-order valence-corrected chi connectivity index (χ1v) is 14.9. The molecule has 0 radical (unpaired) electrons. The molecule has 5 nitrogen and oxygen atoms in total. The Hall–Kier alpha value is -2.82. The maximum absolute atomic E-state index is 14.2. The van der Waals surface area contributed by atoms with Crippen LogP contribution < -0.4 is 5.32 Å². The van der Waals surface area contributed by atoms with Crippen molar-refractivity contribution in [3.8, 4) is 11.5 Å². The van der Waals surface area contributed by atoms with Crippen LogP contribution in [0.3, 0.4) is 0 Å². The van der Waals surface area contributed by atoms with Crippen molar-refractivity contribution in [1.82, 2.24) is 5.32 Å². The summed E-state index contributed by atoms with van der Waals surface area (Å²) in [6.07, 6.45) is 8.92. The normalized spacial score (nSPS) is 37.0. The van der Waals surface area contributed by atoms with Gasteiger partial charge in [0.2, 0.25) is 11.8 Å². The standard InChI is InChI=1S/C34H43NO4/c1-31-15-5-17-33(3,27(31)13-9-21-7-11-23(36)19-25(21)31)29(38)35-30(39)34(4)18-6-16-32(2)26-20-24(37)12-8-22(26)10-14-28(32)34/h7-8,11-12,19-20,27-28,36-37H,5-6,9-10,13-18H2,1-4H3,(H,35,38,39)/t27-,28-,31-,32-,33-,34-/m1/s1. The van der Waals surface area contributed by atoms with Crippen molar-refractivity contribution in [2.24, 2.45) is 22.7 Å². The van der Waals surface area contributed by atoms with Crippen molar-refractivity contribution in [1.29, 1.82) is 0 Å². The molecule has 208 valence electrons. The number of aryl methyl sites for hydroxylation is 2. The molecular weight excluding hydrogens is 486 g/mol. The molecule has 4 aliphatic carbocycles. The molecule has 0 bridgehead atoms. The molecular formula is C34H43NO4. The van der Waals surface area contributed by atoms with E-state index in [2.05, 4.69) is 33.0 Å². The number of imide groups is 1. The van der Waals surface area contributed by atoms with Gasteiger partial charge in [0, 0.05) is 0 Å². The second-order valence-electron chi connectivity index (χ2n) is 14.0. The monoisotopic (exact) mass is 529 g/mol. The number of fused-ring (bicyclic) bond motifs is 6. The van der Waals surface area contributed by atoms with Gasteiger partial charge in [-0.15, -0.1) is 0 Å². The molecule has 0 spiro atoms. The summed E-state index contributed by atoms with van der Waals surface area (Å²) in [6, 6.07) is 11.4. The molecule has 0 heterocycles. The number of carbonyl (C=O) groups is 2. The van der Waals surface area contributed by atoms with Crippen LogP contribution in [0.1, 0.15) is 101 Å². The van der Waals surface area contributed by atoms with Crippen LogP contribution >= 0.6 is 0 Å². The lowest BCUT2D eigenvalue weighted by Crippen LogP contribution is -2.60. The number of rotatable bonds is 2. The molecule has 0 unspecified atom stereocenters. The molecule has 0 saturated heterocycles. The summed E-state index contributed by atoms with van der Waals surface area (Å²) < 4.78 is 0. The second kappa shape index (κ2) is 8.84. The minimum Gasteiger partial charge on any atom is -0.508 e. The Labute approximate surface area is 232 Å². The highest BCUT2D eigenvalue weighted by atomic mass is 16.3. The number of benzene rings is 2. The molecule has 0 aromatic heterocycles. The van der Waals surface area contributed by atoms with Crippen molar-refractivity contribution < 1.29 is 19.8 Å². The van der Waals surface area contributed by atoms with Crippen molar-refractivity contribution in [2.45, 2.75) is 103 Å². The largest absolute Gasteiger partial charge is 0.508 e. The highest BCUT2D eigenvalue weighted by Crippen LogP contribution is 2.59. The maximum Gasteiger partial charge on any atom is 0.232 e. The van der Waals surface area contributed by atoms with Gasteiger partial charge in [-0.2, -0.15) is 0 Å². The van der Waals surface area contributed by atoms with Gasteiger partial charge >= 0.3 is 0 Å². The van der Waals surface area contributed by atoms with Crippen LogP contribution in [-0.2, 0) is 33.3 Å². The van der Waals surface area contributed by atoms with E-state index in [0.29, 0.717) is 0 Å². The third-order valence-corrected chi connectivity index (χ3v) is 11.9. The van der Waals surface area contributed by atoms with Crippen LogP contribution in [-0.4, -0.2) is 22.0 Å². The summed E-state index contributed by atoms with van der Waals surface area (Å²) in [5.41, 5.74) is 3.17. The molecule has 4 aliphatic rings. The number of phenols is 2. The number of amides is 2. The number of aromatic hydroxyl groups is 2. The molecule has 6 atom stereocenters. The molecule has 0 aliphatic heterocycles. The summed E-state index contributed by atoms with van der Waals surface area (Å²) in [7, 11) is 0. The van der Waals surface area contributed by atoms with E-state index in [1.54, 1.807) is 12.1 Å². The number of phenolic OH excluding ortho intramolecular Hbond substituents is 2. The van der Waals surface area contributed by atoms with E-state index >= 15 is 0 Å². The first-order valence-electron chi connectivity index (χ1n) is 14.9. The fraction of sp³-hybridized carbons (Fsp3) is 0.588. The SMILES string of the molecule is C[C@@]1(C(=O)NC(=O)[C@]2(C)CCC[C@]3(C)c4cc(O)ccc4CC[C@@H]23)CCC[C@]2(C)c3cc(O)ccc3CC[C@@H]12. The molecule has 6 rings (SSSR count). The average molecular weight is 530 g/mol. The molecule has 2 fully saturated rings. The average Bonchev–Trinajstić information content (AvgIpc) is 2.89. The number of hydrogen-bond donors (Lipinski definition) is 3. The van der Waals surface area contributed by atoms with Crippen molar-refractivity contribution >= 4 is 11.8 Å². The molecule has 39 heavy (non-hydrogen) atoms. The Morgan fingerprint density at radius 1 is 0.692 bits per heavy atom. The molecule has 3 N–H and O–H groups in total. The Morgan fingerprint density at radius 3 is 1.51 bits per heavy atom. The van der Waals surface area contributed by atoms with Gasteiger partial charge in [0.1, 0.15) is 11.5 Å². The van der Waals surface area contributed by atoms with E-state index in [0.717, 1.165) is 64.2 Å². The van der Waals surface area contributed by atoms with E-state index < -0.39 is 10.8 Å². The van der Waals surface area contributed by atoms with Gasteiger partial charge in [-0.1, -0.05) is 52.7 Å². The zero-order valence-corrected chi connectivity index (χ0v) is 23.9. The molecule has 2 aromatic rings. The summed E-state index contributed by atoms with van der Waals surface area (Å²) >= 11 is 0. The van der Waals surface area contributed by atoms with Crippen LogP contribution in [0.2, 0.25) is 0 Å². The van der Waals surface area contributed by atoms with Crippen molar-refractivity contribution in [3.63, 3.8) is 0 Å². The van der Waals surface area contributed by atoms with E-state index in [9.17, 15) is 19.8 Å². The Balaban J connectivity index is 1.28. The quantitative estimate of drug-likeness (QED) is 0.390. The second-order valence-corrected chi connectivity index (χ2v) is 14.0. The predicted molar refractivity (Wildman–Crippen MR) is 152 cm³/mol. The molecule has 2 saturated carbocycles. The van der Waals surface area contributed by atoms with Crippen LogP contribution in [0, 0.1) is 22.7 Å². The van der Waals surface area contributed by atoms with Crippen molar-refractivity contribution in [2.75, 3.05) is 0 Å².